The fourth-order valence-corrected chi connectivity index (χ4v) is 7.07. The Hall–Kier alpha value is -3.11. The topological polar surface area (TPSA) is 131 Å². The number of hydrogen-bond acceptors (Lipinski definition) is 12. The second-order valence-electron chi connectivity index (χ2n) is 11.7. The van der Waals surface area contributed by atoms with Crippen LogP contribution in [0, 0.1) is 13.8 Å². The third-order valence-electron chi connectivity index (χ3n) is 8.25. The van der Waals surface area contributed by atoms with Gasteiger partial charge in [-0.1, -0.05) is 19.6 Å². The molecule has 2 aromatic carbocycles. The van der Waals surface area contributed by atoms with Gasteiger partial charge in [0.1, 0.15) is 22.1 Å². The zero-order valence-electron chi connectivity index (χ0n) is 27.6. The second kappa shape index (κ2) is 20.7. The van der Waals surface area contributed by atoms with Crippen LogP contribution in [0.1, 0.15) is 30.2 Å². The number of alkyl halides is 1. The number of nitrogens with zero attached hydrogens (tertiary/aromatic N) is 9. The number of hydrogen-bond donors (Lipinski definition) is 3. The average Bonchev–Trinajstić information content (AvgIpc) is 3.93. The molecule has 0 aliphatic carbocycles. The molecular formula is C33H47Cl3N12S2. The first-order chi connectivity index (χ1) is 23.1. The SMILES string of the molecule is C.Cc1cc(CCCl)n[nH]1.Cc1cc(CCN2CCN(c3cccc4nsnc34)CC2)n[nH]1.Cl.Cl.c1cc(N2CCNCC2)c2nsnc2c1. The maximum absolute atomic E-state index is 5.49. The van der Waals surface area contributed by atoms with E-state index in [-0.39, 0.29) is 32.2 Å². The van der Waals surface area contributed by atoms with E-state index in [4.69, 9.17) is 11.6 Å². The molecule has 0 radical (unpaired) electrons. The van der Waals surface area contributed by atoms with Crippen LogP contribution in [-0.2, 0) is 12.8 Å². The van der Waals surface area contributed by atoms with E-state index in [0.717, 1.165) is 117 Å². The predicted molar refractivity (Wildman–Crippen MR) is 215 cm³/mol. The molecule has 0 spiro atoms. The minimum Gasteiger partial charge on any atom is -0.367 e. The fraction of sp³-hybridized carbons (Fsp3) is 0.455. The van der Waals surface area contributed by atoms with Crippen LogP contribution in [0.3, 0.4) is 0 Å². The summed E-state index contributed by atoms with van der Waals surface area (Å²) in [6.45, 7) is 13.5. The molecule has 6 aromatic rings. The van der Waals surface area contributed by atoms with E-state index < -0.39 is 0 Å². The van der Waals surface area contributed by atoms with Gasteiger partial charge in [0.2, 0.25) is 0 Å². The van der Waals surface area contributed by atoms with Crippen LogP contribution in [-0.4, -0.2) is 108 Å². The van der Waals surface area contributed by atoms with Crippen molar-refractivity contribution in [2.24, 2.45) is 0 Å². The molecule has 0 amide bonds. The van der Waals surface area contributed by atoms with Crippen LogP contribution in [0.5, 0.6) is 0 Å². The lowest BCUT2D eigenvalue weighted by Crippen LogP contribution is -2.47. The summed E-state index contributed by atoms with van der Waals surface area (Å²) in [5.41, 5.74) is 11.0. The summed E-state index contributed by atoms with van der Waals surface area (Å²) < 4.78 is 17.4. The highest BCUT2D eigenvalue weighted by Crippen LogP contribution is 2.27. The van der Waals surface area contributed by atoms with Gasteiger partial charge in [0, 0.05) is 89.0 Å². The van der Waals surface area contributed by atoms with Gasteiger partial charge in [0.05, 0.1) is 46.2 Å². The molecule has 0 bridgehead atoms. The first-order valence-corrected chi connectivity index (χ1v) is 18.0. The molecule has 0 atom stereocenters. The van der Waals surface area contributed by atoms with Gasteiger partial charge < -0.3 is 15.1 Å². The molecule has 2 saturated heterocycles. The quantitative estimate of drug-likeness (QED) is 0.162. The Morgan fingerprint density at radius 3 is 1.66 bits per heavy atom. The maximum Gasteiger partial charge on any atom is 0.128 e. The number of fused-ring (bicyclic) bond motifs is 2. The smallest absolute Gasteiger partial charge is 0.128 e. The van der Waals surface area contributed by atoms with Crippen LogP contribution in [0.4, 0.5) is 11.4 Å². The highest BCUT2D eigenvalue weighted by atomic mass is 35.5. The number of nitrogens with one attached hydrogen (secondary N) is 3. The molecule has 50 heavy (non-hydrogen) atoms. The minimum absolute atomic E-state index is 0. The van der Waals surface area contributed by atoms with Crippen LogP contribution >= 0.6 is 59.9 Å². The lowest BCUT2D eigenvalue weighted by molar-refractivity contribution is 0.260. The van der Waals surface area contributed by atoms with E-state index >= 15 is 0 Å². The number of rotatable bonds is 7. The average molecular weight is 782 g/mol. The molecule has 8 rings (SSSR count). The van der Waals surface area contributed by atoms with Crippen molar-refractivity contribution in [3.8, 4) is 0 Å². The van der Waals surface area contributed by atoms with Gasteiger partial charge in [-0.3, -0.25) is 15.1 Å². The summed E-state index contributed by atoms with van der Waals surface area (Å²) in [4.78, 5) is 7.32. The van der Waals surface area contributed by atoms with Crippen molar-refractivity contribution < 1.29 is 0 Å². The molecule has 2 aliphatic rings. The zero-order valence-corrected chi connectivity index (χ0v) is 31.7. The molecule has 2 fully saturated rings. The van der Waals surface area contributed by atoms with Gasteiger partial charge in [-0.25, -0.2) is 0 Å². The van der Waals surface area contributed by atoms with Crippen molar-refractivity contribution in [3.63, 3.8) is 0 Å². The zero-order chi connectivity index (χ0) is 32.4. The van der Waals surface area contributed by atoms with Crippen LogP contribution in [0.2, 0.25) is 0 Å². The Morgan fingerprint density at radius 2 is 1.18 bits per heavy atom. The molecule has 12 nitrogen and oxygen atoms in total. The second-order valence-corrected chi connectivity index (χ2v) is 13.1. The van der Waals surface area contributed by atoms with E-state index in [1.54, 1.807) is 0 Å². The number of aromatic nitrogens is 8. The Balaban J connectivity index is 0.000000217. The summed E-state index contributed by atoms with van der Waals surface area (Å²) >= 11 is 8.07. The van der Waals surface area contributed by atoms with E-state index in [2.05, 4.69) is 88.2 Å². The van der Waals surface area contributed by atoms with Crippen molar-refractivity contribution in [2.45, 2.75) is 34.1 Å². The first kappa shape index (κ1) is 41.3. The lowest BCUT2D eigenvalue weighted by atomic mass is 10.2. The Kier molecular flexibility index (Phi) is 17.1. The van der Waals surface area contributed by atoms with Gasteiger partial charge >= 0.3 is 0 Å². The molecule has 2 aliphatic heterocycles. The number of aryl methyl sites for hydroxylation is 3. The number of benzene rings is 2. The van der Waals surface area contributed by atoms with E-state index in [9.17, 15) is 0 Å². The van der Waals surface area contributed by atoms with Gasteiger partial charge in [-0.15, -0.1) is 36.4 Å². The summed E-state index contributed by atoms with van der Waals surface area (Å²) in [5, 5.41) is 17.5. The third kappa shape index (κ3) is 10.9. The van der Waals surface area contributed by atoms with Gasteiger partial charge in [0.15, 0.2) is 0 Å². The normalized spacial score (nSPS) is 14.5. The van der Waals surface area contributed by atoms with Crippen molar-refractivity contribution in [1.29, 1.82) is 0 Å². The number of anilines is 2. The van der Waals surface area contributed by atoms with Gasteiger partial charge in [-0.05, 0) is 50.2 Å². The van der Waals surface area contributed by atoms with E-state index in [0.29, 0.717) is 5.88 Å². The summed E-state index contributed by atoms with van der Waals surface area (Å²) in [6, 6.07) is 16.6. The monoisotopic (exact) mass is 780 g/mol. The van der Waals surface area contributed by atoms with E-state index in [1.165, 1.54) is 34.8 Å². The number of piperazine rings is 2. The number of aromatic amines is 2. The summed E-state index contributed by atoms with van der Waals surface area (Å²) in [6.07, 6.45) is 1.86. The maximum atomic E-state index is 5.49. The molecular weight excluding hydrogens is 735 g/mol. The summed E-state index contributed by atoms with van der Waals surface area (Å²) in [7, 11) is 0. The Bertz CT molecular complexity index is 1830. The molecule has 17 heteroatoms. The molecule has 4 aromatic heterocycles. The van der Waals surface area contributed by atoms with E-state index in [1.807, 2.05) is 32.0 Å². The molecule has 6 heterocycles. The lowest BCUT2D eigenvalue weighted by Gasteiger charge is -2.36. The summed E-state index contributed by atoms with van der Waals surface area (Å²) in [5.74, 6) is 0.643. The Morgan fingerprint density at radius 1 is 0.680 bits per heavy atom. The third-order valence-corrected chi connectivity index (χ3v) is 9.53. The predicted octanol–water partition coefficient (Wildman–Crippen LogP) is 6.17. The fourth-order valence-electron chi connectivity index (χ4n) is 5.79. The largest absolute Gasteiger partial charge is 0.367 e. The van der Waals surface area contributed by atoms with Crippen molar-refractivity contribution in [1.82, 2.24) is 48.1 Å². The standard InChI is InChI=1S/C16H20N6S.C10H12N4S.C6H9ClN2.CH4.2ClH/c1-12-11-13(18-17-12)5-6-21-7-9-22(10-8-21)15-4-2-3-14-16(15)20-23-19-14;1-2-8-10(13-15-12-8)9(3-1)14-6-4-11-5-7-14;1-5-4-6(2-3-7)9-8-5;;;/h2-4,11H,5-10H2,1H3,(H,17,18);1-3,11H,4-7H2;4H,2-3H2,1H3,(H,8,9);1H4;2*1H. The molecule has 0 unspecified atom stereocenters. The number of H-pyrrole nitrogens is 2. The van der Waals surface area contributed by atoms with Crippen molar-refractivity contribution in [3.05, 3.63) is 71.3 Å². The first-order valence-electron chi connectivity index (χ1n) is 16.0. The van der Waals surface area contributed by atoms with Crippen LogP contribution in [0.25, 0.3) is 22.1 Å². The molecule has 272 valence electrons. The van der Waals surface area contributed by atoms with Crippen LogP contribution in [0.15, 0.2) is 48.5 Å². The van der Waals surface area contributed by atoms with Gasteiger partial charge in [-0.2, -0.15) is 27.7 Å². The minimum atomic E-state index is 0. The van der Waals surface area contributed by atoms with Crippen molar-refractivity contribution >= 4 is 93.3 Å². The highest BCUT2D eigenvalue weighted by molar-refractivity contribution is 7.00. The number of halogens is 3. The van der Waals surface area contributed by atoms with Crippen LogP contribution < -0.4 is 15.1 Å². The molecule has 0 saturated carbocycles. The highest BCUT2D eigenvalue weighted by Gasteiger charge is 2.20. The molecule has 3 N–H and O–H groups in total. The van der Waals surface area contributed by atoms with Gasteiger partial charge in [0.25, 0.3) is 0 Å². The van der Waals surface area contributed by atoms with Crippen molar-refractivity contribution in [2.75, 3.05) is 74.6 Å². The Labute approximate surface area is 319 Å².